The van der Waals surface area contributed by atoms with E-state index in [1.54, 1.807) is 0 Å². The number of rotatable bonds is 4. The molecule has 2 nitrogen and oxygen atoms in total. The minimum Gasteiger partial charge on any atom is -0.455 e. The van der Waals surface area contributed by atoms with Crippen LogP contribution in [0.4, 0.5) is 0 Å². The van der Waals surface area contributed by atoms with Crippen LogP contribution in [0.2, 0.25) is 0 Å². The van der Waals surface area contributed by atoms with E-state index in [0.717, 1.165) is 44.3 Å². The minimum atomic E-state index is -0.115. The van der Waals surface area contributed by atoms with Gasteiger partial charge in [0.25, 0.3) is 0 Å². The topological polar surface area (TPSA) is 26.0 Å². The highest BCUT2D eigenvalue weighted by Crippen LogP contribution is 2.38. The third-order valence-corrected chi connectivity index (χ3v) is 6.85. The largest absolute Gasteiger partial charge is 0.455 e. The van der Waals surface area contributed by atoms with Crippen LogP contribution in [0.3, 0.4) is 0 Å². The van der Waals surface area contributed by atoms with E-state index in [1.807, 2.05) is 12.3 Å². The van der Waals surface area contributed by atoms with E-state index in [1.165, 1.54) is 11.1 Å². The zero-order valence-electron chi connectivity index (χ0n) is 19.3. The molecule has 2 heterocycles. The van der Waals surface area contributed by atoms with Crippen LogP contribution in [0.15, 0.2) is 120 Å². The van der Waals surface area contributed by atoms with Gasteiger partial charge in [-0.3, -0.25) is 4.98 Å². The highest BCUT2D eigenvalue weighted by Gasteiger charge is 2.23. The van der Waals surface area contributed by atoms with Gasteiger partial charge in [0.1, 0.15) is 11.2 Å². The maximum Gasteiger partial charge on any atom is 0.143 e. The highest BCUT2D eigenvalue weighted by molar-refractivity contribution is 6.10. The first kappa shape index (κ1) is 20.4. The van der Waals surface area contributed by atoms with Gasteiger partial charge in [-0.05, 0) is 47.0 Å². The molecule has 34 heavy (non-hydrogen) atoms. The van der Waals surface area contributed by atoms with Gasteiger partial charge in [0.2, 0.25) is 0 Å². The van der Waals surface area contributed by atoms with E-state index in [-0.39, 0.29) is 5.41 Å². The fourth-order valence-electron chi connectivity index (χ4n) is 4.80. The summed E-state index contributed by atoms with van der Waals surface area (Å²) in [5.74, 6) is 0. The lowest BCUT2D eigenvalue weighted by Gasteiger charge is -2.26. The van der Waals surface area contributed by atoms with Gasteiger partial charge >= 0.3 is 0 Å². The van der Waals surface area contributed by atoms with Crippen molar-refractivity contribution >= 4 is 21.9 Å². The molecule has 0 aliphatic rings. The van der Waals surface area contributed by atoms with Crippen molar-refractivity contribution in [3.8, 4) is 22.4 Å². The SMILES string of the molecule is CC(C)(c1ccccc1)c1ccnc(-c2ccc3oc4c(-c5ccccc5)cccc4c3c2)c1. The molecule has 0 atom stereocenters. The summed E-state index contributed by atoms with van der Waals surface area (Å²) < 4.78 is 6.34. The van der Waals surface area contributed by atoms with Crippen LogP contribution in [0, 0.1) is 0 Å². The van der Waals surface area contributed by atoms with E-state index in [2.05, 4.69) is 117 Å². The van der Waals surface area contributed by atoms with Crippen LogP contribution in [0.1, 0.15) is 25.0 Å². The van der Waals surface area contributed by atoms with Gasteiger partial charge in [-0.1, -0.05) is 92.7 Å². The predicted octanol–water partition coefficient (Wildman–Crippen LogP) is 8.64. The second-order valence-corrected chi connectivity index (χ2v) is 9.28. The first-order chi connectivity index (χ1) is 16.6. The molecular formula is C32H25NO. The Kier molecular flexibility index (Phi) is 4.81. The van der Waals surface area contributed by atoms with Gasteiger partial charge < -0.3 is 4.42 Å². The molecule has 0 bridgehead atoms. The Morgan fingerprint density at radius 1 is 0.618 bits per heavy atom. The summed E-state index contributed by atoms with van der Waals surface area (Å²) in [4.78, 5) is 4.72. The van der Waals surface area contributed by atoms with Gasteiger partial charge in [-0.25, -0.2) is 0 Å². The minimum absolute atomic E-state index is 0.115. The van der Waals surface area contributed by atoms with E-state index >= 15 is 0 Å². The second kappa shape index (κ2) is 8.00. The van der Waals surface area contributed by atoms with E-state index in [9.17, 15) is 0 Å². The number of pyridine rings is 1. The average molecular weight is 440 g/mol. The molecule has 0 aliphatic heterocycles. The zero-order chi connectivity index (χ0) is 23.1. The Hall–Kier alpha value is -4.17. The predicted molar refractivity (Wildman–Crippen MR) is 141 cm³/mol. The second-order valence-electron chi connectivity index (χ2n) is 9.28. The summed E-state index contributed by atoms with van der Waals surface area (Å²) in [6.45, 7) is 4.53. The summed E-state index contributed by atoms with van der Waals surface area (Å²) in [6, 6.07) is 38.1. The number of nitrogens with zero attached hydrogens (tertiary/aromatic N) is 1. The molecule has 0 aliphatic carbocycles. The van der Waals surface area contributed by atoms with Gasteiger partial charge in [0.15, 0.2) is 0 Å². The van der Waals surface area contributed by atoms with E-state index in [4.69, 9.17) is 9.40 Å². The number of furan rings is 1. The molecule has 0 unspecified atom stereocenters. The van der Waals surface area contributed by atoms with E-state index < -0.39 is 0 Å². The van der Waals surface area contributed by atoms with Crippen LogP contribution in [0.25, 0.3) is 44.3 Å². The fourth-order valence-corrected chi connectivity index (χ4v) is 4.80. The molecule has 6 aromatic rings. The number of hydrogen-bond acceptors (Lipinski definition) is 2. The van der Waals surface area contributed by atoms with Crippen LogP contribution in [-0.2, 0) is 5.41 Å². The molecule has 2 heteroatoms. The molecule has 164 valence electrons. The maximum atomic E-state index is 6.34. The number of para-hydroxylation sites is 1. The first-order valence-corrected chi connectivity index (χ1v) is 11.6. The van der Waals surface area contributed by atoms with Crippen LogP contribution in [-0.4, -0.2) is 4.98 Å². The smallest absolute Gasteiger partial charge is 0.143 e. The lowest BCUT2D eigenvalue weighted by molar-refractivity contribution is 0.640. The summed E-state index contributed by atoms with van der Waals surface area (Å²) in [5, 5.41) is 2.23. The lowest BCUT2D eigenvalue weighted by atomic mass is 9.78. The molecule has 2 aromatic heterocycles. The van der Waals surface area contributed by atoms with Crippen LogP contribution >= 0.6 is 0 Å². The quantitative estimate of drug-likeness (QED) is 0.275. The maximum absolute atomic E-state index is 6.34. The summed E-state index contributed by atoms with van der Waals surface area (Å²) in [6.07, 6.45) is 1.92. The van der Waals surface area contributed by atoms with Crippen molar-refractivity contribution in [1.82, 2.24) is 4.98 Å². The fraction of sp³-hybridized carbons (Fsp3) is 0.0938. The first-order valence-electron chi connectivity index (χ1n) is 11.6. The standard InChI is InChI=1S/C32H25NO/c1-32(2,24-12-7-4-8-13-24)25-18-19-33-29(21-25)23-16-17-30-28(20-23)27-15-9-14-26(31(27)34-30)22-10-5-3-6-11-22/h3-21H,1-2H3. The van der Waals surface area contributed by atoms with Crippen molar-refractivity contribution in [2.24, 2.45) is 0 Å². The third kappa shape index (κ3) is 3.39. The Balaban J connectivity index is 1.47. The number of aromatic nitrogens is 1. The normalized spacial score (nSPS) is 11.8. The third-order valence-electron chi connectivity index (χ3n) is 6.85. The molecule has 0 saturated heterocycles. The van der Waals surface area contributed by atoms with Crippen molar-refractivity contribution in [1.29, 1.82) is 0 Å². The molecule has 4 aromatic carbocycles. The number of hydrogen-bond donors (Lipinski definition) is 0. The van der Waals surface area contributed by atoms with Crippen LogP contribution < -0.4 is 0 Å². The molecule has 0 spiro atoms. The monoisotopic (exact) mass is 439 g/mol. The highest BCUT2D eigenvalue weighted by atomic mass is 16.3. The molecular weight excluding hydrogens is 414 g/mol. The van der Waals surface area contributed by atoms with Crippen molar-refractivity contribution < 1.29 is 4.42 Å². The molecule has 0 saturated carbocycles. The van der Waals surface area contributed by atoms with Crippen molar-refractivity contribution in [2.75, 3.05) is 0 Å². The zero-order valence-corrected chi connectivity index (χ0v) is 19.3. The number of fused-ring (bicyclic) bond motifs is 3. The van der Waals surface area contributed by atoms with Gasteiger partial charge in [0, 0.05) is 33.5 Å². The lowest BCUT2D eigenvalue weighted by Crippen LogP contribution is -2.18. The number of benzene rings is 4. The van der Waals surface area contributed by atoms with Gasteiger partial charge in [-0.15, -0.1) is 0 Å². The molecule has 0 fully saturated rings. The summed E-state index contributed by atoms with van der Waals surface area (Å²) >= 11 is 0. The molecule has 0 amide bonds. The van der Waals surface area contributed by atoms with Crippen molar-refractivity contribution in [3.05, 3.63) is 127 Å². The van der Waals surface area contributed by atoms with Gasteiger partial charge in [0.05, 0.1) is 5.69 Å². The Morgan fingerprint density at radius 2 is 1.38 bits per heavy atom. The summed E-state index contributed by atoms with van der Waals surface area (Å²) in [5.41, 5.74) is 8.56. The van der Waals surface area contributed by atoms with Gasteiger partial charge in [-0.2, -0.15) is 0 Å². The van der Waals surface area contributed by atoms with E-state index in [0.29, 0.717) is 0 Å². The molecule has 0 radical (unpaired) electrons. The average Bonchev–Trinajstić information content (AvgIpc) is 3.28. The molecule has 6 rings (SSSR count). The van der Waals surface area contributed by atoms with Crippen molar-refractivity contribution in [2.45, 2.75) is 19.3 Å². The Labute approximate surface area is 199 Å². The van der Waals surface area contributed by atoms with Crippen LogP contribution in [0.5, 0.6) is 0 Å². The molecule has 0 N–H and O–H groups in total. The summed E-state index contributed by atoms with van der Waals surface area (Å²) in [7, 11) is 0. The van der Waals surface area contributed by atoms with Crippen molar-refractivity contribution in [3.63, 3.8) is 0 Å². The Bertz CT molecular complexity index is 1610. The Morgan fingerprint density at radius 3 is 2.18 bits per heavy atom.